The van der Waals surface area contributed by atoms with Crippen molar-refractivity contribution in [1.82, 2.24) is 0 Å². The molecule has 0 saturated heterocycles. The summed E-state index contributed by atoms with van der Waals surface area (Å²) in [5.41, 5.74) is 7.74. The summed E-state index contributed by atoms with van der Waals surface area (Å²) in [7, 11) is -0.813. The monoisotopic (exact) mass is 283 g/mol. The van der Waals surface area contributed by atoms with E-state index in [9.17, 15) is 9.00 Å². The van der Waals surface area contributed by atoms with Gasteiger partial charge in [-0.1, -0.05) is 6.92 Å². The molecule has 1 unspecified atom stereocenters. The second-order valence-corrected chi connectivity index (χ2v) is 6.00. The highest BCUT2D eigenvalue weighted by Crippen LogP contribution is 2.34. The van der Waals surface area contributed by atoms with Crippen molar-refractivity contribution in [2.75, 3.05) is 41.0 Å². The first-order chi connectivity index (χ1) is 9.10. The summed E-state index contributed by atoms with van der Waals surface area (Å²) in [6.45, 7) is 2.46. The van der Waals surface area contributed by atoms with E-state index < -0.39 is 10.8 Å². The molecule has 1 atom stereocenters. The minimum atomic E-state index is -0.813. The van der Waals surface area contributed by atoms with Gasteiger partial charge in [0.25, 0.3) is 5.91 Å². The van der Waals surface area contributed by atoms with Crippen LogP contribution in [0.3, 0.4) is 0 Å². The van der Waals surface area contributed by atoms with E-state index in [0.29, 0.717) is 40.9 Å². The number of nitrogens with two attached hydrogens (primary N) is 1. The first-order valence-electron chi connectivity index (χ1n) is 6.05. The molecule has 1 heterocycles. The van der Waals surface area contributed by atoms with Gasteiger partial charge >= 0.3 is 0 Å². The van der Waals surface area contributed by atoms with Gasteiger partial charge in [-0.2, -0.15) is 0 Å². The van der Waals surface area contributed by atoms with Crippen molar-refractivity contribution in [3.8, 4) is 5.75 Å². The molecule has 0 bridgehead atoms. The topological polar surface area (TPSA) is 93.5 Å². The van der Waals surface area contributed by atoms with Crippen molar-refractivity contribution < 1.29 is 13.7 Å². The number of hydrogen-bond donors (Lipinski definition) is 3. The maximum atomic E-state index is 11.3. The number of nitrogens with one attached hydrogen (secondary N) is 2. The molecular formula is C12H17N3O3S. The average Bonchev–Trinajstić information content (AvgIpc) is 2.39. The Kier molecular flexibility index (Phi) is 4.26. The summed E-state index contributed by atoms with van der Waals surface area (Å²) >= 11 is 0. The molecule has 2 rings (SSSR count). The molecule has 1 aliphatic heterocycles. The smallest absolute Gasteiger partial charge is 0.262 e. The Morgan fingerprint density at radius 2 is 2.32 bits per heavy atom. The molecule has 6 nitrogen and oxygen atoms in total. The van der Waals surface area contributed by atoms with Crippen LogP contribution in [-0.2, 0) is 15.6 Å². The number of ether oxygens (including phenoxy) is 1. The zero-order valence-corrected chi connectivity index (χ0v) is 11.5. The SMILES string of the molecule is CCS(=O)CCNc1cc2c(cc1N)OCC(=O)N2. The Labute approximate surface area is 114 Å². The van der Waals surface area contributed by atoms with E-state index in [1.807, 2.05) is 6.92 Å². The van der Waals surface area contributed by atoms with E-state index in [4.69, 9.17) is 10.5 Å². The molecule has 0 aromatic heterocycles. The highest BCUT2D eigenvalue weighted by molar-refractivity contribution is 7.84. The molecule has 1 aromatic rings. The van der Waals surface area contributed by atoms with E-state index in [-0.39, 0.29) is 12.5 Å². The number of carbonyl (C=O) groups excluding carboxylic acids is 1. The summed E-state index contributed by atoms with van der Waals surface area (Å²) in [6.07, 6.45) is 0. The van der Waals surface area contributed by atoms with Crippen LogP contribution in [0.15, 0.2) is 12.1 Å². The summed E-state index contributed by atoms with van der Waals surface area (Å²) < 4.78 is 16.6. The molecule has 7 heteroatoms. The standard InChI is InChI=1S/C12H17N3O3S/c1-2-19(17)4-3-14-9-6-10-11(5-8(9)13)18-7-12(16)15-10/h5-6,14H,2-4,7,13H2,1H3,(H,15,16). The fourth-order valence-electron chi connectivity index (χ4n) is 1.74. The van der Waals surface area contributed by atoms with E-state index in [2.05, 4.69) is 10.6 Å². The molecule has 0 spiro atoms. The molecule has 1 amide bonds. The Balaban J connectivity index is 2.07. The summed E-state index contributed by atoms with van der Waals surface area (Å²) in [6, 6.07) is 3.41. The van der Waals surface area contributed by atoms with E-state index in [0.717, 1.165) is 0 Å². The molecule has 104 valence electrons. The minimum absolute atomic E-state index is 0.00863. The van der Waals surface area contributed by atoms with Crippen molar-refractivity contribution in [2.45, 2.75) is 6.92 Å². The first-order valence-corrected chi connectivity index (χ1v) is 7.54. The lowest BCUT2D eigenvalue weighted by atomic mass is 10.2. The number of rotatable bonds is 5. The zero-order chi connectivity index (χ0) is 13.8. The molecule has 19 heavy (non-hydrogen) atoms. The summed E-state index contributed by atoms with van der Waals surface area (Å²) in [5.74, 6) is 1.59. The van der Waals surface area contributed by atoms with Gasteiger partial charge in [0.1, 0.15) is 5.75 Å². The van der Waals surface area contributed by atoms with Gasteiger partial charge in [-0.25, -0.2) is 0 Å². The minimum Gasteiger partial charge on any atom is -0.482 e. The van der Waals surface area contributed by atoms with Crippen LogP contribution >= 0.6 is 0 Å². The average molecular weight is 283 g/mol. The molecule has 1 aromatic carbocycles. The molecule has 0 saturated carbocycles. The normalized spacial score (nSPS) is 15.1. The van der Waals surface area contributed by atoms with Gasteiger partial charge in [-0.3, -0.25) is 9.00 Å². The van der Waals surface area contributed by atoms with E-state index >= 15 is 0 Å². The lowest BCUT2D eigenvalue weighted by Gasteiger charge is -2.20. The van der Waals surface area contributed by atoms with Crippen molar-refractivity contribution in [3.05, 3.63) is 12.1 Å². The molecule has 0 fully saturated rings. The van der Waals surface area contributed by atoms with E-state index in [1.54, 1.807) is 12.1 Å². The van der Waals surface area contributed by atoms with Crippen LogP contribution in [0.2, 0.25) is 0 Å². The number of nitrogen functional groups attached to an aromatic ring is 1. The van der Waals surface area contributed by atoms with Crippen molar-refractivity contribution in [2.24, 2.45) is 0 Å². The molecular weight excluding hydrogens is 266 g/mol. The molecule has 1 aliphatic rings. The van der Waals surface area contributed by atoms with Crippen molar-refractivity contribution in [3.63, 3.8) is 0 Å². The second kappa shape index (κ2) is 5.92. The lowest BCUT2D eigenvalue weighted by Crippen LogP contribution is -2.25. The predicted octanol–water partition coefficient (Wildman–Crippen LogP) is 0.780. The highest BCUT2D eigenvalue weighted by Gasteiger charge is 2.17. The Hall–Kier alpha value is -1.76. The molecule has 4 N–H and O–H groups in total. The first kappa shape index (κ1) is 13.7. The highest BCUT2D eigenvalue weighted by atomic mass is 32.2. The van der Waals surface area contributed by atoms with Crippen LogP contribution in [0.5, 0.6) is 5.75 Å². The fraction of sp³-hybridized carbons (Fsp3) is 0.417. The van der Waals surface area contributed by atoms with E-state index in [1.165, 1.54) is 0 Å². The van der Waals surface area contributed by atoms with Gasteiger partial charge in [0.15, 0.2) is 6.61 Å². The quantitative estimate of drug-likeness (QED) is 0.694. The van der Waals surface area contributed by atoms with Crippen molar-refractivity contribution >= 4 is 33.8 Å². The fourth-order valence-corrected chi connectivity index (χ4v) is 2.36. The third-order valence-electron chi connectivity index (χ3n) is 2.75. The van der Waals surface area contributed by atoms with Crippen LogP contribution in [0.25, 0.3) is 0 Å². The number of fused-ring (bicyclic) bond motifs is 1. The summed E-state index contributed by atoms with van der Waals surface area (Å²) in [5, 5.41) is 5.84. The number of hydrogen-bond acceptors (Lipinski definition) is 5. The third-order valence-corrected chi connectivity index (χ3v) is 4.06. The van der Waals surface area contributed by atoms with Crippen LogP contribution < -0.4 is 21.1 Å². The molecule has 0 aliphatic carbocycles. The lowest BCUT2D eigenvalue weighted by molar-refractivity contribution is -0.118. The Morgan fingerprint density at radius 1 is 1.53 bits per heavy atom. The van der Waals surface area contributed by atoms with Crippen LogP contribution in [0.4, 0.5) is 17.1 Å². The van der Waals surface area contributed by atoms with Gasteiger partial charge in [-0.05, 0) is 6.07 Å². The van der Waals surface area contributed by atoms with Crippen molar-refractivity contribution in [1.29, 1.82) is 0 Å². The summed E-state index contributed by atoms with van der Waals surface area (Å²) in [4.78, 5) is 11.2. The third kappa shape index (κ3) is 3.37. The van der Waals surface area contributed by atoms with Gasteiger partial charge < -0.3 is 21.1 Å². The predicted molar refractivity (Wildman–Crippen MR) is 77.0 cm³/mol. The van der Waals surface area contributed by atoms with Gasteiger partial charge in [0.2, 0.25) is 0 Å². The van der Waals surface area contributed by atoms with Gasteiger partial charge in [0, 0.05) is 34.9 Å². The number of anilines is 3. The Bertz CT molecular complexity index is 519. The van der Waals surface area contributed by atoms with Crippen LogP contribution in [-0.4, -0.2) is 34.8 Å². The van der Waals surface area contributed by atoms with Gasteiger partial charge in [-0.15, -0.1) is 0 Å². The number of carbonyl (C=O) groups is 1. The maximum Gasteiger partial charge on any atom is 0.262 e. The number of benzene rings is 1. The maximum absolute atomic E-state index is 11.3. The number of amides is 1. The van der Waals surface area contributed by atoms with Gasteiger partial charge in [0.05, 0.1) is 17.1 Å². The molecule has 0 radical (unpaired) electrons. The van der Waals surface area contributed by atoms with Crippen LogP contribution in [0.1, 0.15) is 6.92 Å². The second-order valence-electron chi connectivity index (χ2n) is 4.13. The largest absolute Gasteiger partial charge is 0.482 e. The Morgan fingerprint density at radius 3 is 3.05 bits per heavy atom. The zero-order valence-electron chi connectivity index (χ0n) is 10.7. The van der Waals surface area contributed by atoms with Crippen LogP contribution in [0, 0.1) is 0 Å².